The molecule has 0 radical (unpaired) electrons. The van der Waals surface area contributed by atoms with Gasteiger partial charge in [-0.15, -0.1) is 35.5 Å². The van der Waals surface area contributed by atoms with Crippen LogP contribution in [0, 0.1) is 0 Å². The third-order valence-electron chi connectivity index (χ3n) is 5.83. The molecule has 0 amide bonds. The summed E-state index contributed by atoms with van der Waals surface area (Å²) < 4.78 is 13.0. The first kappa shape index (κ1) is 23.1. The third-order valence-corrected chi connectivity index (χ3v) is 6.41. The van der Waals surface area contributed by atoms with Gasteiger partial charge in [0.25, 0.3) is 6.47 Å². The Balaban J connectivity index is 1.22. The monoisotopic (exact) mass is 505 g/mol. The second kappa shape index (κ2) is 10.3. The summed E-state index contributed by atoms with van der Waals surface area (Å²) in [6.45, 7) is 1.46. The van der Waals surface area contributed by atoms with E-state index >= 15 is 0 Å². The normalized spacial score (nSPS) is 14.8. The fourth-order valence-corrected chi connectivity index (χ4v) is 4.72. The number of aromatic nitrogens is 3. The molecule has 0 saturated carbocycles. The molecule has 0 saturated heterocycles. The van der Waals surface area contributed by atoms with E-state index in [0.717, 1.165) is 22.8 Å². The lowest BCUT2D eigenvalue weighted by Gasteiger charge is -2.37. The summed E-state index contributed by atoms with van der Waals surface area (Å²) in [5.74, 6) is 0.719. The predicted octanol–water partition coefficient (Wildman–Crippen LogP) is 4.35. The molecule has 1 unspecified atom stereocenters. The zero-order valence-electron chi connectivity index (χ0n) is 18.6. The first-order valence-electron chi connectivity index (χ1n) is 11.0. The van der Waals surface area contributed by atoms with E-state index in [0.29, 0.717) is 29.8 Å². The van der Waals surface area contributed by atoms with Crippen molar-refractivity contribution in [1.82, 2.24) is 14.8 Å². The minimum atomic E-state index is -0.343. The van der Waals surface area contributed by atoms with Gasteiger partial charge in [0.2, 0.25) is 0 Å². The molecule has 2 heterocycles. The van der Waals surface area contributed by atoms with Crippen LogP contribution in [0.5, 0.6) is 5.75 Å². The van der Waals surface area contributed by atoms with E-state index in [1.165, 1.54) is 11.1 Å². The first-order valence-corrected chi connectivity index (χ1v) is 11.8. The fraction of sp³-hybridized carbons (Fsp3) is 0.160. The summed E-state index contributed by atoms with van der Waals surface area (Å²) in [6.07, 6.45) is 0.304. The average Bonchev–Trinajstić information content (AvgIpc) is 3.22. The van der Waals surface area contributed by atoms with Gasteiger partial charge in [0.1, 0.15) is 5.75 Å². The standard InChI is InChI=1S/C25H23N5O3S2/c31-16-33-23-12-17-4-1-2-5-18(17)14-29(23)20-8-10-22(11-9-20)32-15-26-19-6-3-7-21(13-19)30-24(34)27-28-25(30)35/h1-11,13,16,23,26H,12,14-15H2,(H,27,34)(H,28,35). The second-order valence-corrected chi connectivity index (χ2v) is 8.73. The van der Waals surface area contributed by atoms with Gasteiger partial charge in [0, 0.05) is 24.3 Å². The quantitative estimate of drug-likeness (QED) is 0.187. The summed E-state index contributed by atoms with van der Waals surface area (Å²) in [5, 5.41) is 12.0. The number of nitrogens with zero attached hydrogens (tertiary/aromatic N) is 4. The molecule has 35 heavy (non-hydrogen) atoms. The first-order chi connectivity index (χ1) is 17.1. The molecule has 1 aromatic heterocycles. The molecule has 1 aliphatic rings. The van der Waals surface area contributed by atoms with Crippen molar-refractivity contribution in [2.24, 2.45) is 0 Å². The van der Waals surface area contributed by atoms with Crippen LogP contribution < -0.4 is 15.0 Å². The van der Waals surface area contributed by atoms with Crippen molar-refractivity contribution in [2.75, 3.05) is 16.9 Å². The van der Waals surface area contributed by atoms with Crippen LogP contribution in [0.1, 0.15) is 11.1 Å². The maximum Gasteiger partial charge on any atom is 0.295 e. The Hall–Kier alpha value is -3.63. The molecule has 1 atom stereocenters. The molecule has 0 bridgehead atoms. The Labute approximate surface area is 213 Å². The lowest BCUT2D eigenvalue weighted by Crippen LogP contribution is -2.42. The Morgan fingerprint density at radius 2 is 1.69 bits per heavy atom. The molecule has 0 fully saturated rings. The third kappa shape index (κ3) is 5.08. The van der Waals surface area contributed by atoms with Crippen LogP contribution in [0.4, 0.5) is 11.4 Å². The van der Waals surface area contributed by atoms with E-state index in [9.17, 15) is 4.79 Å². The fourth-order valence-electron chi connectivity index (χ4n) is 4.13. The van der Waals surface area contributed by atoms with Crippen molar-refractivity contribution in [3.63, 3.8) is 0 Å². The van der Waals surface area contributed by atoms with Crippen LogP contribution in [0.2, 0.25) is 0 Å². The molecule has 3 aromatic carbocycles. The molecule has 8 nitrogen and oxygen atoms in total. The zero-order valence-corrected chi connectivity index (χ0v) is 20.4. The van der Waals surface area contributed by atoms with E-state index in [-0.39, 0.29) is 13.0 Å². The number of thiol groups is 2. The number of hydrogen-bond acceptors (Lipinski definition) is 9. The maximum absolute atomic E-state index is 11.1. The SMILES string of the molecule is O=COC1Cc2ccccc2CN1c1ccc(OCNc2cccc(-n3c(S)nnc3S)c2)cc1. The van der Waals surface area contributed by atoms with Crippen LogP contribution in [0.25, 0.3) is 5.69 Å². The Bertz CT molecular complexity index is 1310. The summed E-state index contributed by atoms with van der Waals surface area (Å²) in [6, 6.07) is 23.7. The number of anilines is 2. The van der Waals surface area contributed by atoms with Gasteiger partial charge in [0.05, 0.1) is 5.69 Å². The largest absolute Gasteiger partial charge is 0.473 e. The van der Waals surface area contributed by atoms with Gasteiger partial charge in [-0.2, -0.15) is 0 Å². The van der Waals surface area contributed by atoms with E-state index in [1.807, 2.05) is 60.7 Å². The summed E-state index contributed by atoms with van der Waals surface area (Å²) in [4.78, 5) is 13.2. The zero-order chi connectivity index (χ0) is 24.2. The number of benzene rings is 3. The topological polar surface area (TPSA) is 81.5 Å². The molecule has 0 spiro atoms. The number of fused-ring (bicyclic) bond motifs is 1. The van der Waals surface area contributed by atoms with Crippen LogP contribution >= 0.6 is 25.3 Å². The number of carbonyl (C=O) groups excluding carboxylic acids is 1. The van der Waals surface area contributed by atoms with Crippen LogP contribution in [-0.2, 0) is 22.5 Å². The highest BCUT2D eigenvalue weighted by atomic mass is 32.1. The number of nitrogens with one attached hydrogen (secondary N) is 1. The van der Waals surface area contributed by atoms with Gasteiger partial charge in [-0.25, -0.2) is 0 Å². The highest BCUT2D eigenvalue weighted by Crippen LogP contribution is 2.30. The lowest BCUT2D eigenvalue weighted by atomic mass is 9.98. The van der Waals surface area contributed by atoms with Crippen LogP contribution in [-0.4, -0.2) is 34.2 Å². The number of hydrogen-bond donors (Lipinski definition) is 3. The molecule has 0 aliphatic carbocycles. The van der Waals surface area contributed by atoms with Crippen LogP contribution in [0.3, 0.4) is 0 Å². The van der Waals surface area contributed by atoms with Crippen molar-refractivity contribution in [3.05, 3.63) is 83.9 Å². The van der Waals surface area contributed by atoms with E-state index < -0.39 is 0 Å². The van der Waals surface area contributed by atoms with Gasteiger partial charge in [0.15, 0.2) is 23.3 Å². The summed E-state index contributed by atoms with van der Waals surface area (Å²) >= 11 is 8.65. The molecular formula is C25H23N5O3S2. The van der Waals surface area contributed by atoms with Crippen molar-refractivity contribution in [1.29, 1.82) is 0 Å². The lowest BCUT2D eigenvalue weighted by molar-refractivity contribution is -0.133. The van der Waals surface area contributed by atoms with Crippen molar-refractivity contribution in [3.8, 4) is 11.4 Å². The molecule has 5 rings (SSSR count). The Kier molecular flexibility index (Phi) is 6.82. The van der Waals surface area contributed by atoms with Gasteiger partial charge >= 0.3 is 0 Å². The van der Waals surface area contributed by atoms with Gasteiger partial charge < -0.3 is 19.7 Å². The molecule has 4 aromatic rings. The Morgan fingerprint density at radius 3 is 2.43 bits per heavy atom. The Morgan fingerprint density at radius 1 is 0.943 bits per heavy atom. The minimum absolute atomic E-state index is 0.278. The number of carbonyl (C=O) groups is 1. The van der Waals surface area contributed by atoms with Gasteiger partial charge in [-0.1, -0.05) is 30.3 Å². The second-order valence-electron chi connectivity index (χ2n) is 7.93. The highest BCUT2D eigenvalue weighted by molar-refractivity contribution is 7.80. The molecule has 10 heteroatoms. The maximum atomic E-state index is 11.1. The summed E-state index contributed by atoms with van der Waals surface area (Å²) in [7, 11) is 0. The van der Waals surface area contributed by atoms with Gasteiger partial charge in [-0.3, -0.25) is 9.36 Å². The molecule has 1 aliphatic heterocycles. The smallest absolute Gasteiger partial charge is 0.295 e. The summed E-state index contributed by atoms with van der Waals surface area (Å²) in [5.41, 5.74) is 5.10. The van der Waals surface area contributed by atoms with E-state index in [1.54, 1.807) is 4.57 Å². The number of rotatable bonds is 8. The highest BCUT2D eigenvalue weighted by Gasteiger charge is 2.27. The van der Waals surface area contributed by atoms with Crippen molar-refractivity contribution in [2.45, 2.75) is 29.5 Å². The predicted molar refractivity (Wildman–Crippen MR) is 139 cm³/mol. The van der Waals surface area contributed by atoms with Crippen molar-refractivity contribution >= 4 is 43.1 Å². The number of ether oxygens (including phenoxy) is 2. The van der Waals surface area contributed by atoms with Gasteiger partial charge in [-0.05, 0) is 53.6 Å². The van der Waals surface area contributed by atoms with Crippen LogP contribution in [0.15, 0.2) is 83.1 Å². The average molecular weight is 506 g/mol. The van der Waals surface area contributed by atoms with Crippen molar-refractivity contribution < 1.29 is 14.3 Å². The van der Waals surface area contributed by atoms with E-state index in [4.69, 9.17) is 9.47 Å². The van der Waals surface area contributed by atoms with E-state index in [2.05, 4.69) is 57.8 Å². The molecule has 178 valence electrons. The molecule has 1 N–H and O–H groups in total. The minimum Gasteiger partial charge on any atom is -0.473 e. The molecular weight excluding hydrogens is 482 g/mol.